The molecule has 136 valence electrons. The van der Waals surface area contributed by atoms with Crippen molar-refractivity contribution in [2.45, 2.75) is 6.92 Å². The number of anilines is 1. The number of nitrogens with zero attached hydrogens (tertiary/aromatic N) is 1. The van der Waals surface area contributed by atoms with Gasteiger partial charge in [0.1, 0.15) is 0 Å². The Labute approximate surface area is 153 Å². The molecule has 2 aromatic carbocycles. The zero-order valence-electron chi connectivity index (χ0n) is 13.9. The summed E-state index contributed by atoms with van der Waals surface area (Å²) in [5.41, 5.74) is 0.789. The SMILES string of the molecule is COc1cc(NC(=O)COC(=O)c2cccc(Cl)c2)c(C)cc1[N+](=O)[O-]. The Bertz CT molecular complexity index is 868. The van der Waals surface area contributed by atoms with Crippen LogP contribution in [0, 0.1) is 17.0 Å². The molecule has 2 aromatic rings. The van der Waals surface area contributed by atoms with Crippen molar-refractivity contribution in [1.29, 1.82) is 0 Å². The molecule has 0 atom stereocenters. The van der Waals surface area contributed by atoms with Crippen LogP contribution >= 0.6 is 11.6 Å². The average Bonchev–Trinajstić information content (AvgIpc) is 2.60. The summed E-state index contributed by atoms with van der Waals surface area (Å²) in [6.07, 6.45) is 0. The normalized spacial score (nSPS) is 10.1. The van der Waals surface area contributed by atoms with Gasteiger partial charge in [-0.05, 0) is 30.7 Å². The van der Waals surface area contributed by atoms with Crippen molar-refractivity contribution in [3.8, 4) is 5.75 Å². The minimum absolute atomic E-state index is 0.00632. The Morgan fingerprint density at radius 3 is 2.62 bits per heavy atom. The number of carbonyl (C=O) groups is 2. The quantitative estimate of drug-likeness (QED) is 0.469. The van der Waals surface area contributed by atoms with E-state index in [0.717, 1.165) is 0 Å². The lowest BCUT2D eigenvalue weighted by molar-refractivity contribution is -0.385. The molecule has 0 unspecified atom stereocenters. The van der Waals surface area contributed by atoms with Crippen molar-refractivity contribution in [2.24, 2.45) is 0 Å². The second-order valence-corrected chi connectivity index (χ2v) is 5.67. The van der Waals surface area contributed by atoms with Gasteiger partial charge in [0.05, 0.1) is 17.6 Å². The lowest BCUT2D eigenvalue weighted by Gasteiger charge is -2.11. The Kier molecular flexibility index (Phi) is 6.13. The molecule has 0 aromatic heterocycles. The highest BCUT2D eigenvalue weighted by molar-refractivity contribution is 6.30. The van der Waals surface area contributed by atoms with Gasteiger partial charge in [0.15, 0.2) is 12.4 Å². The van der Waals surface area contributed by atoms with E-state index in [0.29, 0.717) is 16.3 Å². The van der Waals surface area contributed by atoms with Crippen LogP contribution in [0.1, 0.15) is 15.9 Å². The van der Waals surface area contributed by atoms with Gasteiger partial charge in [0, 0.05) is 22.8 Å². The number of carbonyl (C=O) groups excluding carboxylic acids is 2. The van der Waals surface area contributed by atoms with Gasteiger partial charge in [0.25, 0.3) is 5.91 Å². The number of methoxy groups -OCH3 is 1. The van der Waals surface area contributed by atoms with E-state index in [1.165, 1.54) is 31.4 Å². The third-order valence-corrected chi connectivity index (χ3v) is 3.63. The van der Waals surface area contributed by atoms with E-state index in [2.05, 4.69) is 5.32 Å². The summed E-state index contributed by atoms with van der Waals surface area (Å²) in [6, 6.07) is 8.75. The van der Waals surface area contributed by atoms with E-state index in [9.17, 15) is 19.7 Å². The van der Waals surface area contributed by atoms with Crippen molar-refractivity contribution in [1.82, 2.24) is 0 Å². The number of ether oxygens (including phenoxy) is 2. The predicted octanol–water partition coefficient (Wildman–Crippen LogP) is 3.36. The fourth-order valence-electron chi connectivity index (χ4n) is 2.13. The Morgan fingerprint density at radius 1 is 1.27 bits per heavy atom. The van der Waals surface area contributed by atoms with Crippen LogP contribution in [0.2, 0.25) is 5.02 Å². The predicted molar refractivity (Wildman–Crippen MR) is 94.7 cm³/mol. The monoisotopic (exact) mass is 378 g/mol. The van der Waals surface area contributed by atoms with Gasteiger partial charge >= 0.3 is 11.7 Å². The second kappa shape index (κ2) is 8.30. The smallest absolute Gasteiger partial charge is 0.338 e. The van der Waals surface area contributed by atoms with Gasteiger partial charge in [-0.2, -0.15) is 0 Å². The number of benzene rings is 2. The minimum Gasteiger partial charge on any atom is -0.490 e. The van der Waals surface area contributed by atoms with Crippen LogP contribution in [-0.4, -0.2) is 30.5 Å². The third kappa shape index (κ3) is 4.70. The van der Waals surface area contributed by atoms with Crippen LogP contribution < -0.4 is 10.1 Å². The average molecular weight is 379 g/mol. The van der Waals surface area contributed by atoms with Gasteiger partial charge in [0.2, 0.25) is 0 Å². The molecule has 0 radical (unpaired) electrons. The number of hydrogen-bond acceptors (Lipinski definition) is 6. The number of aryl methyl sites for hydroxylation is 1. The molecular formula is C17H15ClN2O6. The molecule has 0 saturated carbocycles. The van der Waals surface area contributed by atoms with Crippen LogP contribution in [0.3, 0.4) is 0 Å². The van der Waals surface area contributed by atoms with Crippen LogP contribution in [0.25, 0.3) is 0 Å². The lowest BCUT2D eigenvalue weighted by atomic mass is 10.1. The molecule has 0 bridgehead atoms. The van der Waals surface area contributed by atoms with E-state index < -0.39 is 23.4 Å². The summed E-state index contributed by atoms with van der Waals surface area (Å²) >= 11 is 5.79. The number of esters is 1. The highest BCUT2D eigenvalue weighted by Gasteiger charge is 2.19. The van der Waals surface area contributed by atoms with Gasteiger partial charge < -0.3 is 14.8 Å². The second-order valence-electron chi connectivity index (χ2n) is 5.23. The van der Waals surface area contributed by atoms with Gasteiger partial charge in [-0.25, -0.2) is 4.79 Å². The van der Waals surface area contributed by atoms with E-state index in [4.69, 9.17) is 21.1 Å². The molecule has 26 heavy (non-hydrogen) atoms. The number of nitro groups is 1. The number of amides is 1. The van der Waals surface area contributed by atoms with Gasteiger partial charge in [-0.3, -0.25) is 14.9 Å². The Balaban J connectivity index is 2.03. The topological polar surface area (TPSA) is 108 Å². The lowest BCUT2D eigenvalue weighted by Crippen LogP contribution is -2.21. The molecule has 0 heterocycles. The number of hydrogen-bond donors (Lipinski definition) is 1. The first-order valence-corrected chi connectivity index (χ1v) is 7.75. The Hall–Kier alpha value is -3.13. The first-order chi connectivity index (χ1) is 12.3. The molecule has 2 rings (SSSR count). The molecule has 0 aliphatic rings. The van der Waals surface area contributed by atoms with Crippen molar-refractivity contribution in [2.75, 3.05) is 19.0 Å². The summed E-state index contributed by atoms with van der Waals surface area (Å²) < 4.78 is 9.89. The molecule has 0 saturated heterocycles. The highest BCUT2D eigenvalue weighted by atomic mass is 35.5. The van der Waals surface area contributed by atoms with E-state index in [-0.39, 0.29) is 17.0 Å². The van der Waals surface area contributed by atoms with Crippen LogP contribution in [0.4, 0.5) is 11.4 Å². The van der Waals surface area contributed by atoms with Crippen LogP contribution in [-0.2, 0) is 9.53 Å². The van der Waals surface area contributed by atoms with Crippen LogP contribution in [0.5, 0.6) is 5.75 Å². The fraction of sp³-hybridized carbons (Fsp3) is 0.176. The molecule has 8 nitrogen and oxygen atoms in total. The summed E-state index contributed by atoms with van der Waals surface area (Å²) in [4.78, 5) is 34.3. The van der Waals surface area contributed by atoms with E-state index >= 15 is 0 Å². The number of nitrogens with one attached hydrogen (secondary N) is 1. The highest BCUT2D eigenvalue weighted by Crippen LogP contribution is 2.32. The number of rotatable bonds is 6. The molecule has 1 N–H and O–H groups in total. The third-order valence-electron chi connectivity index (χ3n) is 3.39. The van der Waals surface area contributed by atoms with Crippen molar-refractivity contribution in [3.63, 3.8) is 0 Å². The molecule has 1 amide bonds. The number of halogens is 1. The summed E-state index contributed by atoms with van der Waals surface area (Å²) in [5, 5.41) is 13.9. The zero-order valence-corrected chi connectivity index (χ0v) is 14.7. The van der Waals surface area contributed by atoms with Crippen molar-refractivity contribution in [3.05, 3.63) is 62.7 Å². The van der Waals surface area contributed by atoms with E-state index in [1.807, 2.05) is 0 Å². The molecule has 0 spiro atoms. The first-order valence-electron chi connectivity index (χ1n) is 7.37. The standard InChI is InChI=1S/C17H15ClN2O6/c1-10-6-14(20(23)24)15(25-2)8-13(10)19-16(21)9-26-17(22)11-4-3-5-12(18)7-11/h3-8H,9H2,1-2H3,(H,19,21). The minimum atomic E-state index is -0.694. The van der Waals surface area contributed by atoms with Crippen molar-refractivity contribution >= 4 is 34.9 Å². The van der Waals surface area contributed by atoms with Crippen molar-refractivity contribution < 1.29 is 24.0 Å². The summed E-state index contributed by atoms with van der Waals surface area (Å²) in [5.74, 6) is -1.29. The summed E-state index contributed by atoms with van der Waals surface area (Å²) in [6.45, 7) is 1.07. The first kappa shape index (κ1) is 19.2. The van der Waals surface area contributed by atoms with Gasteiger partial charge in [-0.1, -0.05) is 17.7 Å². The number of nitro benzene ring substituents is 1. The fourth-order valence-corrected chi connectivity index (χ4v) is 2.32. The maximum absolute atomic E-state index is 12.0. The molecule has 0 aliphatic heterocycles. The van der Waals surface area contributed by atoms with E-state index in [1.54, 1.807) is 19.1 Å². The van der Waals surface area contributed by atoms with Gasteiger partial charge in [-0.15, -0.1) is 0 Å². The van der Waals surface area contributed by atoms with Crippen LogP contribution in [0.15, 0.2) is 36.4 Å². The largest absolute Gasteiger partial charge is 0.490 e. The Morgan fingerprint density at radius 2 is 2.00 bits per heavy atom. The molecule has 9 heteroatoms. The maximum atomic E-state index is 12.0. The zero-order chi connectivity index (χ0) is 19.3. The molecular weight excluding hydrogens is 364 g/mol. The maximum Gasteiger partial charge on any atom is 0.338 e. The molecule has 0 aliphatic carbocycles. The summed E-state index contributed by atoms with van der Waals surface area (Å²) in [7, 11) is 1.29. The molecule has 0 fully saturated rings.